The van der Waals surface area contributed by atoms with Crippen molar-refractivity contribution in [2.45, 2.75) is 45.4 Å². The van der Waals surface area contributed by atoms with E-state index in [2.05, 4.69) is 21.3 Å². The summed E-state index contributed by atoms with van der Waals surface area (Å²) in [5.41, 5.74) is 3.98. The molecule has 1 amide bonds. The normalized spacial score (nSPS) is 11.2. The number of nitrogens with one attached hydrogen (secondary N) is 2. The lowest BCUT2D eigenvalue weighted by atomic mass is 10.1. The van der Waals surface area contributed by atoms with Crippen LogP contribution in [0.5, 0.6) is 5.75 Å². The first-order valence-electron chi connectivity index (χ1n) is 10.2. The quantitative estimate of drug-likeness (QED) is 0.458. The number of sulfonamides is 1. The van der Waals surface area contributed by atoms with Crippen LogP contribution >= 0.6 is 0 Å². The number of carbonyl (C=O) groups excluding carboxylic acids is 1. The van der Waals surface area contributed by atoms with Gasteiger partial charge in [-0.05, 0) is 70.0 Å². The molecule has 8 nitrogen and oxygen atoms in total. The molecular formula is C23H27N3O5S. The molecule has 3 rings (SSSR count). The maximum atomic E-state index is 12.5. The third kappa shape index (κ3) is 5.88. The standard InChI is InChI=1S/C23H27N3O5S/c1-15-7-12-21(16(2)14-15)30-13-5-6-22(27)24-19-8-10-20(11-9-19)32(28,29)26-23-17(3)18(4)25-31-23/h7-12,14,26H,5-6,13H2,1-4H3,(H,24,27). The summed E-state index contributed by atoms with van der Waals surface area (Å²) in [5.74, 6) is 0.732. The Hall–Kier alpha value is -3.33. The number of amides is 1. The zero-order chi connectivity index (χ0) is 23.3. The van der Waals surface area contributed by atoms with Crippen LogP contribution in [0.2, 0.25) is 0 Å². The molecule has 0 aliphatic carbocycles. The summed E-state index contributed by atoms with van der Waals surface area (Å²) in [6.07, 6.45) is 0.849. The van der Waals surface area contributed by atoms with Gasteiger partial charge in [-0.2, -0.15) is 0 Å². The van der Waals surface area contributed by atoms with E-state index in [9.17, 15) is 13.2 Å². The number of nitrogens with zero attached hydrogens (tertiary/aromatic N) is 1. The van der Waals surface area contributed by atoms with E-state index in [1.54, 1.807) is 13.8 Å². The Morgan fingerprint density at radius 2 is 1.78 bits per heavy atom. The van der Waals surface area contributed by atoms with Crippen LogP contribution in [0, 0.1) is 27.7 Å². The second kappa shape index (κ2) is 9.86. The van der Waals surface area contributed by atoms with Crippen molar-refractivity contribution in [1.29, 1.82) is 0 Å². The second-order valence-corrected chi connectivity index (χ2v) is 9.30. The lowest BCUT2D eigenvalue weighted by molar-refractivity contribution is -0.116. The zero-order valence-corrected chi connectivity index (χ0v) is 19.4. The van der Waals surface area contributed by atoms with Crippen molar-refractivity contribution in [3.63, 3.8) is 0 Å². The third-order valence-corrected chi connectivity index (χ3v) is 6.32. The highest BCUT2D eigenvalue weighted by molar-refractivity contribution is 7.92. The number of rotatable bonds is 9. The minimum absolute atomic E-state index is 0.0471. The Morgan fingerprint density at radius 1 is 1.06 bits per heavy atom. The number of aryl methyl sites for hydroxylation is 3. The molecule has 0 bridgehead atoms. The first-order chi connectivity index (χ1) is 15.2. The molecule has 1 aromatic heterocycles. The summed E-state index contributed by atoms with van der Waals surface area (Å²) in [6.45, 7) is 7.89. The van der Waals surface area contributed by atoms with Gasteiger partial charge in [0.1, 0.15) is 5.75 Å². The summed E-state index contributed by atoms with van der Waals surface area (Å²) in [4.78, 5) is 12.2. The molecule has 0 saturated heterocycles. The average molecular weight is 458 g/mol. The lowest BCUT2D eigenvalue weighted by Gasteiger charge is -2.10. The van der Waals surface area contributed by atoms with Gasteiger partial charge in [0.05, 0.1) is 17.2 Å². The van der Waals surface area contributed by atoms with Crippen LogP contribution in [-0.2, 0) is 14.8 Å². The van der Waals surface area contributed by atoms with Gasteiger partial charge in [-0.1, -0.05) is 22.9 Å². The van der Waals surface area contributed by atoms with Crippen molar-refractivity contribution in [3.05, 3.63) is 64.8 Å². The molecule has 3 aromatic rings. The van der Waals surface area contributed by atoms with Gasteiger partial charge in [0.2, 0.25) is 11.8 Å². The molecule has 0 unspecified atom stereocenters. The molecule has 2 N–H and O–H groups in total. The molecule has 0 spiro atoms. The maximum Gasteiger partial charge on any atom is 0.264 e. The van der Waals surface area contributed by atoms with Crippen LogP contribution < -0.4 is 14.8 Å². The second-order valence-electron chi connectivity index (χ2n) is 7.62. The number of anilines is 2. The van der Waals surface area contributed by atoms with Crippen molar-refractivity contribution < 1.29 is 22.5 Å². The van der Waals surface area contributed by atoms with Gasteiger partial charge in [-0.3, -0.25) is 4.79 Å². The van der Waals surface area contributed by atoms with Gasteiger partial charge in [0, 0.05) is 17.7 Å². The highest BCUT2D eigenvalue weighted by atomic mass is 32.2. The minimum Gasteiger partial charge on any atom is -0.493 e. The molecule has 9 heteroatoms. The van der Waals surface area contributed by atoms with Crippen molar-refractivity contribution in [3.8, 4) is 5.75 Å². The Balaban J connectivity index is 1.49. The molecule has 32 heavy (non-hydrogen) atoms. The third-order valence-electron chi connectivity index (χ3n) is 4.97. The number of carbonyl (C=O) groups is 1. The Labute approximate surface area is 188 Å². The highest BCUT2D eigenvalue weighted by Crippen LogP contribution is 2.23. The topological polar surface area (TPSA) is 111 Å². The van der Waals surface area contributed by atoms with Crippen LogP contribution in [0.1, 0.15) is 35.2 Å². The van der Waals surface area contributed by atoms with E-state index in [1.165, 1.54) is 29.8 Å². The number of hydrogen-bond donors (Lipinski definition) is 2. The number of hydrogen-bond acceptors (Lipinski definition) is 6. The largest absolute Gasteiger partial charge is 0.493 e. The Kier molecular flexibility index (Phi) is 7.19. The molecule has 0 saturated carbocycles. The van der Waals surface area contributed by atoms with Gasteiger partial charge in [0.25, 0.3) is 10.0 Å². The van der Waals surface area contributed by atoms with Crippen molar-refractivity contribution >= 4 is 27.5 Å². The number of benzene rings is 2. The van der Waals surface area contributed by atoms with E-state index < -0.39 is 10.0 Å². The molecule has 0 radical (unpaired) electrons. The molecule has 0 aliphatic heterocycles. The molecule has 0 fully saturated rings. The lowest BCUT2D eigenvalue weighted by Crippen LogP contribution is -2.14. The summed E-state index contributed by atoms with van der Waals surface area (Å²) in [5, 5.41) is 6.50. The molecule has 0 aliphatic rings. The first-order valence-corrected chi connectivity index (χ1v) is 11.7. The van der Waals surface area contributed by atoms with E-state index in [-0.39, 0.29) is 23.1 Å². The predicted molar refractivity (Wildman–Crippen MR) is 123 cm³/mol. The van der Waals surface area contributed by atoms with Gasteiger partial charge in [0.15, 0.2) is 0 Å². The fraction of sp³-hybridized carbons (Fsp3) is 0.304. The van der Waals surface area contributed by atoms with Gasteiger partial charge < -0.3 is 14.6 Å². The van der Waals surface area contributed by atoms with Crippen molar-refractivity contribution in [1.82, 2.24) is 5.16 Å². The minimum atomic E-state index is -3.83. The SMILES string of the molecule is Cc1ccc(OCCCC(=O)Nc2ccc(S(=O)(=O)Nc3onc(C)c3C)cc2)c(C)c1. The predicted octanol–water partition coefficient (Wildman–Crippen LogP) is 4.51. The van der Waals surface area contributed by atoms with Crippen LogP contribution in [-0.4, -0.2) is 26.1 Å². The molecule has 1 heterocycles. The van der Waals surface area contributed by atoms with Crippen LogP contribution in [0.25, 0.3) is 0 Å². The summed E-state index contributed by atoms with van der Waals surface area (Å²) in [7, 11) is -3.83. The summed E-state index contributed by atoms with van der Waals surface area (Å²) >= 11 is 0. The number of aromatic nitrogens is 1. The van der Waals surface area contributed by atoms with Gasteiger partial charge in [-0.15, -0.1) is 0 Å². The monoisotopic (exact) mass is 457 g/mol. The summed E-state index contributed by atoms with van der Waals surface area (Å²) < 4.78 is 38.2. The fourth-order valence-electron chi connectivity index (χ4n) is 3.01. The Morgan fingerprint density at radius 3 is 2.41 bits per heavy atom. The van der Waals surface area contributed by atoms with E-state index in [0.29, 0.717) is 30.0 Å². The van der Waals surface area contributed by atoms with E-state index in [0.717, 1.165) is 11.3 Å². The van der Waals surface area contributed by atoms with Gasteiger partial charge in [-0.25, -0.2) is 13.1 Å². The highest BCUT2D eigenvalue weighted by Gasteiger charge is 2.19. The first kappa shape index (κ1) is 23.3. The maximum absolute atomic E-state index is 12.5. The average Bonchev–Trinajstić information content (AvgIpc) is 3.04. The van der Waals surface area contributed by atoms with Crippen molar-refractivity contribution in [2.75, 3.05) is 16.6 Å². The molecular weight excluding hydrogens is 430 g/mol. The fourth-order valence-corrected chi connectivity index (χ4v) is 4.06. The van der Waals surface area contributed by atoms with E-state index in [4.69, 9.17) is 9.26 Å². The van der Waals surface area contributed by atoms with Crippen molar-refractivity contribution in [2.24, 2.45) is 0 Å². The van der Waals surface area contributed by atoms with Crippen LogP contribution in [0.4, 0.5) is 11.6 Å². The van der Waals surface area contributed by atoms with E-state index in [1.807, 2.05) is 26.0 Å². The van der Waals surface area contributed by atoms with Gasteiger partial charge >= 0.3 is 0 Å². The zero-order valence-electron chi connectivity index (χ0n) is 18.6. The van der Waals surface area contributed by atoms with Crippen LogP contribution in [0.15, 0.2) is 51.9 Å². The smallest absolute Gasteiger partial charge is 0.264 e. The molecule has 0 atom stereocenters. The summed E-state index contributed by atoms with van der Waals surface area (Å²) in [6, 6.07) is 11.9. The Bertz CT molecular complexity index is 1200. The van der Waals surface area contributed by atoms with E-state index >= 15 is 0 Å². The molecule has 170 valence electrons. The molecule has 2 aromatic carbocycles. The van der Waals surface area contributed by atoms with Crippen LogP contribution in [0.3, 0.4) is 0 Å². The number of ether oxygens (including phenoxy) is 1.